The van der Waals surface area contributed by atoms with Crippen LogP contribution in [-0.4, -0.2) is 56.1 Å². The Hall–Kier alpha value is -1.48. The fraction of sp³-hybridized carbons (Fsp3) is 0.417. The minimum Gasteiger partial charge on any atom is -0.395 e. The Morgan fingerprint density at radius 3 is 2.60 bits per heavy atom. The highest BCUT2D eigenvalue weighted by Gasteiger charge is 2.33. The van der Waals surface area contributed by atoms with Crippen molar-refractivity contribution in [3.8, 4) is 0 Å². The van der Waals surface area contributed by atoms with E-state index in [9.17, 15) is 18.3 Å². The van der Waals surface area contributed by atoms with Crippen molar-refractivity contribution < 1.29 is 23.1 Å². The fourth-order valence-corrected chi connectivity index (χ4v) is 3.61. The summed E-state index contributed by atoms with van der Waals surface area (Å²) in [7, 11) is -3.72. The van der Waals surface area contributed by atoms with Crippen LogP contribution in [0.25, 0.3) is 0 Å². The maximum absolute atomic E-state index is 12.5. The predicted octanol–water partition coefficient (Wildman–Crippen LogP) is -0.833. The third-order valence-electron chi connectivity index (χ3n) is 3.13. The number of nitrogens with zero attached hydrogens (tertiary/aromatic N) is 1. The van der Waals surface area contributed by atoms with Gasteiger partial charge in [0, 0.05) is 12.1 Å². The van der Waals surface area contributed by atoms with E-state index in [0.29, 0.717) is 0 Å². The molecular weight excluding hydrogens is 284 g/mol. The number of hydrogen-bond acceptors (Lipinski definition) is 5. The summed E-state index contributed by atoms with van der Waals surface area (Å²) in [5.74, 6) is -0.617. The van der Waals surface area contributed by atoms with Crippen molar-refractivity contribution in [3.63, 3.8) is 0 Å². The van der Waals surface area contributed by atoms with Crippen LogP contribution < -0.4 is 5.73 Å². The molecule has 1 atom stereocenters. The van der Waals surface area contributed by atoms with Crippen molar-refractivity contribution in [2.24, 2.45) is 5.73 Å². The van der Waals surface area contributed by atoms with Gasteiger partial charge in [0.05, 0.1) is 30.8 Å². The number of rotatable bonds is 4. The molecule has 110 valence electrons. The number of benzene rings is 1. The number of nitrogens with two attached hydrogens (primary N) is 1. The number of carbonyl (C=O) groups is 1. The van der Waals surface area contributed by atoms with Gasteiger partial charge in [-0.1, -0.05) is 0 Å². The lowest BCUT2D eigenvalue weighted by Gasteiger charge is -2.33. The minimum atomic E-state index is -3.72. The molecule has 1 saturated heterocycles. The zero-order valence-electron chi connectivity index (χ0n) is 10.7. The SMILES string of the molecule is NC(=O)c1ccc(S(=O)(=O)N2CCOCC2CO)cc1. The van der Waals surface area contributed by atoms with Gasteiger partial charge in [0.25, 0.3) is 0 Å². The van der Waals surface area contributed by atoms with Gasteiger partial charge in [-0.05, 0) is 24.3 Å². The first-order valence-electron chi connectivity index (χ1n) is 6.07. The number of sulfonamides is 1. The van der Waals surface area contributed by atoms with Gasteiger partial charge in [0.15, 0.2) is 0 Å². The topological polar surface area (TPSA) is 110 Å². The molecule has 7 nitrogen and oxygen atoms in total. The van der Waals surface area contributed by atoms with Crippen molar-refractivity contribution in [3.05, 3.63) is 29.8 Å². The van der Waals surface area contributed by atoms with Crippen LogP contribution >= 0.6 is 0 Å². The predicted molar refractivity (Wildman–Crippen MR) is 70.5 cm³/mol. The molecule has 2 rings (SSSR count). The van der Waals surface area contributed by atoms with E-state index in [0.717, 1.165) is 0 Å². The molecule has 0 radical (unpaired) electrons. The highest BCUT2D eigenvalue weighted by atomic mass is 32.2. The van der Waals surface area contributed by atoms with Crippen LogP contribution in [0.1, 0.15) is 10.4 Å². The normalized spacial score (nSPS) is 20.8. The van der Waals surface area contributed by atoms with Crippen LogP contribution in [0, 0.1) is 0 Å². The van der Waals surface area contributed by atoms with E-state index in [1.807, 2.05) is 0 Å². The Morgan fingerprint density at radius 2 is 2.05 bits per heavy atom. The Kier molecular flexibility index (Phi) is 4.39. The van der Waals surface area contributed by atoms with Crippen molar-refractivity contribution in [2.75, 3.05) is 26.4 Å². The van der Waals surface area contributed by atoms with E-state index in [4.69, 9.17) is 10.5 Å². The number of hydrogen-bond donors (Lipinski definition) is 2. The van der Waals surface area contributed by atoms with Crippen LogP contribution in [0.15, 0.2) is 29.2 Å². The maximum atomic E-state index is 12.5. The van der Waals surface area contributed by atoms with Gasteiger partial charge in [0.2, 0.25) is 15.9 Å². The molecule has 1 heterocycles. The molecule has 8 heteroatoms. The van der Waals surface area contributed by atoms with E-state index in [2.05, 4.69) is 0 Å². The summed E-state index contributed by atoms with van der Waals surface area (Å²) in [4.78, 5) is 11.0. The minimum absolute atomic E-state index is 0.0582. The van der Waals surface area contributed by atoms with E-state index >= 15 is 0 Å². The molecular formula is C12H16N2O5S. The lowest BCUT2D eigenvalue weighted by atomic mass is 10.2. The molecule has 0 aliphatic carbocycles. The Balaban J connectivity index is 2.31. The number of amides is 1. The van der Waals surface area contributed by atoms with E-state index in [1.165, 1.54) is 28.6 Å². The van der Waals surface area contributed by atoms with Crippen LogP contribution in [0.3, 0.4) is 0 Å². The summed E-state index contributed by atoms with van der Waals surface area (Å²) < 4.78 is 31.3. The number of aliphatic hydroxyl groups excluding tert-OH is 1. The summed E-state index contributed by atoms with van der Waals surface area (Å²) >= 11 is 0. The first-order valence-corrected chi connectivity index (χ1v) is 7.51. The second-order valence-electron chi connectivity index (χ2n) is 4.42. The zero-order chi connectivity index (χ0) is 14.8. The fourth-order valence-electron chi connectivity index (χ4n) is 2.03. The van der Waals surface area contributed by atoms with E-state index in [-0.39, 0.29) is 36.8 Å². The van der Waals surface area contributed by atoms with Crippen LogP contribution in [-0.2, 0) is 14.8 Å². The highest BCUT2D eigenvalue weighted by Crippen LogP contribution is 2.20. The maximum Gasteiger partial charge on any atom is 0.248 e. The molecule has 0 spiro atoms. The second-order valence-corrected chi connectivity index (χ2v) is 6.31. The molecule has 20 heavy (non-hydrogen) atoms. The Bertz CT molecular complexity index is 584. The molecule has 1 unspecified atom stereocenters. The lowest BCUT2D eigenvalue weighted by Crippen LogP contribution is -2.50. The van der Waals surface area contributed by atoms with Crippen LogP contribution in [0.2, 0.25) is 0 Å². The van der Waals surface area contributed by atoms with Crippen molar-refractivity contribution in [1.82, 2.24) is 4.31 Å². The molecule has 1 aromatic rings. The van der Waals surface area contributed by atoms with Gasteiger partial charge in [-0.25, -0.2) is 8.42 Å². The third kappa shape index (κ3) is 2.83. The molecule has 0 aromatic heterocycles. The molecule has 1 fully saturated rings. The summed E-state index contributed by atoms with van der Waals surface area (Å²) in [6.07, 6.45) is 0. The monoisotopic (exact) mass is 300 g/mol. The van der Waals surface area contributed by atoms with Crippen LogP contribution in [0.5, 0.6) is 0 Å². The van der Waals surface area contributed by atoms with E-state index in [1.54, 1.807) is 0 Å². The number of morpholine rings is 1. The number of ether oxygens (including phenoxy) is 1. The Labute approximate surface area is 117 Å². The van der Waals surface area contributed by atoms with Crippen molar-refractivity contribution in [1.29, 1.82) is 0 Å². The summed E-state index contributed by atoms with van der Waals surface area (Å²) in [6, 6.07) is 4.80. The molecule has 3 N–H and O–H groups in total. The molecule has 1 aliphatic rings. The quantitative estimate of drug-likeness (QED) is 0.754. The largest absolute Gasteiger partial charge is 0.395 e. The number of aliphatic hydroxyl groups is 1. The molecule has 1 amide bonds. The zero-order valence-corrected chi connectivity index (χ0v) is 11.5. The van der Waals surface area contributed by atoms with Gasteiger partial charge >= 0.3 is 0 Å². The Morgan fingerprint density at radius 1 is 1.40 bits per heavy atom. The lowest BCUT2D eigenvalue weighted by molar-refractivity contribution is 0.0109. The highest BCUT2D eigenvalue weighted by molar-refractivity contribution is 7.89. The summed E-state index contributed by atoms with van der Waals surface area (Å²) in [6.45, 7) is 0.327. The van der Waals surface area contributed by atoms with Gasteiger partial charge in [-0.15, -0.1) is 0 Å². The molecule has 1 aliphatic heterocycles. The van der Waals surface area contributed by atoms with Gasteiger partial charge in [-0.3, -0.25) is 4.79 Å². The second kappa shape index (κ2) is 5.88. The number of primary amides is 1. The van der Waals surface area contributed by atoms with Gasteiger partial charge < -0.3 is 15.6 Å². The summed E-state index contributed by atoms with van der Waals surface area (Å²) in [5.41, 5.74) is 5.35. The van der Waals surface area contributed by atoms with E-state index < -0.39 is 22.0 Å². The standard InChI is InChI=1S/C12H16N2O5S/c13-12(16)9-1-3-11(4-2-9)20(17,18)14-5-6-19-8-10(14)7-15/h1-4,10,15H,5-8H2,(H2,13,16). The van der Waals surface area contributed by atoms with Crippen molar-refractivity contribution >= 4 is 15.9 Å². The first-order chi connectivity index (χ1) is 9.46. The molecule has 0 saturated carbocycles. The molecule has 1 aromatic carbocycles. The van der Waals surface area contributed by atoms with Crippen molar-refractivity contribution in [2.45, 2.75) is 10.9 Å². The van der Waals surface area contributed by atoms with Gasteiger partial charge in [0.1, 0.15) is 0 Å². The van der Waals surface area contributed by atoms with Gasteiger partial charge in [-0.2, -0.15) is 4.31 Å². The number of carbonyl (C=O) groups excluding carboxylic acids is 1. The average molecular weight is 300 g/mol. The van der Waals surface area contributed by atoms with Crippen LogP contribution in [0.4, 0.5) is 0 Å². The first kappa shape index (κ1) is 14.9. The average Bonchev–Trinajstić information content (AvgIpc) is 2.47. The smallest absolute Gasteiger partial charge is 0.248 e. The molecule has 0 bridgehead atoms. The third-order valence-corrected chi connectivity index (χ3v) is 5.10. The summed E-state index contributed by atoms with van der Waals surface area (Å²) in [5, 5.41) is 9.24.